The van der Waals surface area contributed by atoms with Gasteiger partial charge in [0.05, 0.1) is 18.7 Å². The molecule has 0 bridgehead atoms. The number of ether oxygens (including phenoxy) is 1. The molecule has 0 saturated heterocycles. The van der Waals surface area contributed by atoms with Crippen LogP contribution in [0.2, 0.25) is 0 Å². The Kier molecular flexibility index (Phi) is 10.0. The smallest absolute Gasteiger partial charge is 0.210 e. The quantitative estimate of drug-likeness (QED) is 0.271. The Labute approximate surface area is 223 Å². The molecule has 36 heavy (non-hydrogen) atoms. The minimum Gasteiger partial charge on any atom is -0.497 e. The van der Waals surface area contributed by atoms with Crippen molar-refractivity contribution >= 4 is 17.8 Å². The number of hydrogen-bond donors (Lipinski definition) is 3. The Hall–Kier alpha value is -3.86. The maximum Gasteiger partial charge on any atom is 0.210 e. The summed E-state index contributed by atoms with van der Waals surface area (Å²) in [4.78, 5) is 2.24. The van der Waals surface area contributed by atoms with Gasteiger partial charge in [0.2, 0.25) is 5.90 Å². The van der Waals surface area contributed by atoms with Gasteiger partial charge in [-0.15, -0.1) is 0 Å². The van der Waals surface area contributed by atoms with Crippen LogP contribution in [-0.2, 0) is 28.6 Å². The van der Waals surface area contributed by atoms with Gasteiger partial charge in [0, 0.05) is 51.9 Å². The van der Waals surface area contributed by atoms with Crippen LogP contribution in [0, 0.1) is 22.1 Å². The first kappa shape index (κ1) is 28.4. The zero-order valence-electron chi connectivity index (χ0n) is 20.6. The fraction of sp³-hybridized carbons (Fsp3) is 0.207. The summed E-state index contributed by atoms with van der Waals surface area (Å²) in [5.74, 6) is 0.436. The van der Waals surface area contributed by atoms with Gasteiger partial charge in [-0.1, -0.05) is 36.4 Å². The molecule has 0 saturated carbocycles. The number of rotatable bonds is 6. The molecule has 1 radical (unpaired) electrons. The predicted octanol–water partition coefficient (Wildman–Crippen LogP) is 6.01. The second-order valence-corrected chi connectivity index (χ2v) is 8.34. The number of aliphatic hydroxyl groups is 1. The number of anilines is 1. The van der Waals surface area contributed by atoms with Crippen molar-refractivity contribution in [3.63, 3.8) is 0 Å². The van der Waals surface area contributed by atoms with Crippen LogP contribution in [0.3, 0.4) is 0 Å². The number of nitrogens with one attached hydrogen (secondary N) is 2. The standard InChI is InChI=1S/C22H23N3O.C7H7NO.Co/c1-4-25-20-10-9-18(26-3)13-19(20)22(2,21(25)11-12-23)14-16-7-5-6-8-17(16)15-24;8-7(9)6-4-2-1-3-5-6;/h5-13,23H,4,14H2,1-3H3;1-5H,(H2,8,9);/b21-11-,23-12?;;. The third-order valence-electron chi connectivity index (χ3n) is 6.23. The monoisotopic (exact) mass is 525 g/mol. The third kappa shape index (κ3) is 5.85. The third-order valence-corrected chi connectivity index (χ3v) is 6.23. The van der Waals surface area contributed by atoms with Crippen molar-refractivity contribution in [2.75, 3.05) is 18.6 Å². The molecule has 0 amide bonds. The van der Waals surface area contributed by atoms with Crippen molar-refractivity contribution in [2.24, 2.45) is 0 Å². The average molecular weight is 526 g/mol. The van der Waals surface area contributed by atoms with Gasteiger partial charge in [-0.3, -0.25) is 5.41 Å². The Balaban J connectivity index is 0.000000386. The Morgan fingerprint density at radius 2 is 1.78 bits per heavy atom. The van der Waals surface area contributed by atoms with E-state index in [1.807, 2.05) is 42.5 Å². The summed E-state index contributed by atoms with van der Waals surface area (Å²) in [7, 11) is 1.67. The first-order chi connectivity index (χ1) is 16.9. The van der Waals surface area contributed by atoms with Crippen LogP contribution < -0.4 is 9.64 Å². The zero-order valence-corrected chi connectivity index (χ0v) is 21.6. The summed E-state index contributed by atoms with van der Waals surface area (Å²) in [5.41, 5.74) is 5.30. The second kappa shape index (κ2) is 12.7. The minimum atomic E-state index is -0.379. The van der Waals surface area contributed by atoms with E-state index in [1.54, 1.807) is 31.4 Å². The van der Waals surface area contributed by atoms with E-state index in [1.165, 1.54) is 11.8 Å². The van der Waals surface area contributed by atoms with Gasteiger partial charge in [0.1, 0.15) is 5.75 Å². The van der Waals surface area contributed by atoms with E-state index >= 15 is 0 Å². The molecule has 3 aromatic carbocycles. The van der Waals surface area contributed by atoms with Gasteiger partial charge in [-0.2, -0.15) is 5.26 Å². The van der Waals surface area contributed by atoms with Gasteiger partial charge in [-0.25, -0.2) is 0 Å². The molecule has 187 valence electrons. The molecule has 1 heterocycles. The van der Waals surface area contributed by atoms with Crippen LogP contribution >= 0.6 is 0 Å². The van der Waals surface area contributed by atoms with Crippen molar-refractivity contribution < 1.29 is 26.6 Å². The van der Waals surface area contributed by atoms with E-state index in [9.17, 15) is 5.26 Å². The van der Waals surface area contributed by atoms with Gasteiger partial charge >= 0.3 is 0 Å². The molecule has 3 N–H and O–H groups in total. The fourth-order valence-electron chi connectivity index (χ4n) is 4.52. The van der Waals surface area contributed by atoms with Gasteiger partial charge in [0.15, 0.2) is 0 Å². The number of fused-ring (bicyclic) bond motifs is 1. The predicted molar refractivity (Wildman–Crippen MR) is 141 cm³/mol. The molecule has 0 aromatic heterocycles. The van der Waals surface area contributed by atoms with Gasteiger partial charge < -0.3 is 20.2 Å². The molecule has 1 atom stereocenters. The van der Waals surface area contributed by atoms with E-state index in [-0.39, 0.29) is 28.1 Å². The summed E-state index contributed by atoms with van der Waals surface area (Å²) < 4.78 is 5.46. The summed E-state index contributed by atoms with van der Waals surface area (Å²) in [6.07, 6.45) is 3.90. The molecular formula is C29H30CoN4O2. The minimum absolute atomic E-state index is 0. The maximum atomic E-state index is 9.49. The Morgan fingerprint density at radius 3 is 2.33 bits per heavy atom. The molecule has 0 spiro atoms. The molecule has 1 aliphatic rings. The number of methoxy groups -OCH3 is 1. The summed E-state index contributed by atoms with van der Waals surface area (Å²) >= 11 is 0. The number of allylic oxidation sites excluding steroid dienone is 2. The maximum absolute atomic E-state index is 9.49. The number of hydrogen-bond acceptors (Lipinski definition) is 5. The number of likely N-dealkylation sites (N-methyl/N-ethyl adjacent to an activating group) is 1. The largest absolute Gasteiger partial charge is 0.497 e. The zero-order chi connectivity index (χ0) is 25.4. The number of nitriles is 1. The normalized spacial score (nSPS) is 16.6. The topological polar surface area (TPSA) is 104 Å². The molecule has 0 aliphatic carbocycles. The molecule has 4 rings (SSSR count). The summed E-state index contributed by atoms with van der Waals surface area (Å²) in [6, 6.07) is 24.9. The average Bonchev–Trinajstić information content (AvgIpc) is 3.12. The van der Waals surface area contributed by atoms with Crippen molar-refractivity contribution in [3.8, 4) is 11.8 Å². The van der Waals surface area contributed by atoms with Crippen molar-refractivity contribution in [1.29, 1.82) is 16.1 Å². The fourth-order valence-corrected chi connectivity index (χ4v) is 4.52. The van der Waals surface area contributed by atoms with Crippen molar-refractivity contribution in [1.82, 2.24) is 0 Å². The van der Waals surface area contributed by atoms with Crippen molar-refractivity contribution in [2.45, 2.75) is 25.7 Å². The SMILES string of the molecule is CCN1/C(=C\C=N)C(C)(Cc2ccccc2C#N)c2cc(OC)ccc21.N=C(O)c1ccccc1.[Co]. The van der Waals surface area contributed by atoms with Crippen LogP contribution in [0.25, 0.3) is 0 Å². The molecule has 7 heteroatoms. The van der Waals surface area contributed by atoms with Gasteiger partial charge in [0.25, 0.3) is 0 Å². The van der Waals surface area contributed by atoms with E-state index < -0.39 is 0 Å². The van der Waals surface area contributed by atoms with E-state index in [0.29, 0.717) is 17.5 Å². The van der Waals surface area contributed by atoms with Crippen LogP contribution in [0.15, 0.2) is 84.6 Å². The van der Waals surface area contributed by atoms with Crippen LogP contribution in [-0.4, -0.2) is 30.9 Å². The first-order valence-electron chi connectivity index (χ1n) is 11.4. The Morgan fingerprint density at radius 1 is 1.11 bits per heavy atom. The van der Waals surface area contributed by atoms with Crippen LogP contribution in [0.1, 0.15) is 36.1 Å². The molecular weight excluding hydrogens is 495 g/mol. The molecule has 0 fully saturated rings. The molecule has 3 aromatic rings. The molecule has 1 aliphatic heterocycles. The summed E-state index contributed by atoms with van der Waals surface area (Å²) in [6.45, 7) is 5.11. The summed E-state index contributed by atoms with van der Waals surface area (Å²) in [5, 5.41) is 32.5. The number of nitrogens with zero attached hydrogens (tertiary/aromatic N) is 2. The van der Waals surface area contributed by atoms with Crippen LogP contribution in [0.4, 0.5) is 5.69 Å². The number of benzene rings is 3. The molecule has 6 nitrogen and oxygen atoms in total. The Bertz CT molecular complexity index is 1280. The van der Waals surface area contributed by atoms with E-state index in [0.717, 1.165) is 29.2 Å². The molecule has 1 unspecified atom stereocenters. The first-order valence-corrected chi connectivity index (χ1v) is 11.4. The van der Waals surface area contributed by atoms with E-state index in [4.69, 9.17) is 20.7 Å². The van der Waals surface area contributed by atoms with Crippen LogP contribution in [0.5, 0.6) is 5.75 Å². The van der Waals surface area contributed by atoms with E-state index in [2.05, 4.69) is 36.9 Å². The van der Waals surface area contributed by atoms with Crippen molar-refractivity contribution in [3.05, 3.63) is 107 Å². The van der Waals surface area contributed by atoms with Gasteiger partial charge in [-0.05, 0) is 73.9 Å². The second-order valence-electron chi connectivity index (χ2n) is 8.34. The number of aliphatic hydroxyl groups excluding tert-OH is 1.